The molecule has 4 rings (SSSR count). The van der Waals surface area contributed by atoms with Gasteiger partial charge < -0.3 is 15.3 Å². The van der Waals surface area contributed by atoms with E-state index in [1.54, 1.807) is 17.8 Å². The molecule has 2 amide bonds. The van der Waals surface area contributed by atoms with Crippen LogP contribution in [0.3, 0.4) is 0 Å². The van der Waals surface area contributed by atoms with Crippen LogP contribution in [0, 0.1) is 6.92 Å². The second-order valence-corrected chi connectivity index (χ2v) is 12.3. The molecule has 0 heterocycles. The molecule has 1 unspecified atom stereocenters. The van der Waals surface area contributed by atoms with Gasteiger partial charge in [-0.3, -0.25) is 9.59 Å². The number of thioether (sulfide) groups is 1. The fourth-order valence-electron chi connectivity index (χ4n) is 6.06. The van der Waals surface area contributed by atoms with Crippen molar-refractivity contribution in [3.8, 4) is 11.1 Å². The Labute approximate surface area is 269 Å². The van der Waals surface area contributed by atoms with Crippen molar-refractivity contribution in [1.82, 2.24) is 10.2 Å². The van der Waals surface area contributed by atoms with Crippen LogP contribution in [0.15, 0.2) is 42.5 Å². The van der Waals surface area contributed by atoms with Crippen LogP contribution in [0.25, 0.3) is 11.1 Å². The Hall–Kier alpha value is -2.20. The fourth-order valence-corrected chi connectivity index (χ4v) is 6.54. The van der Waals surface area contributed by atoms with Crippen molar-refractivity contribution in [3.05, 3.63) is 59.2 Å². The first-order valence-corrected chi connectivity index (χ1v) is 16.7. The number of carbonyl (C=O) groups excluding carboxylic acids is 2. The van der Waals surface area contributed by atoms with Gasteiger partial charge in [0.25, 0.3) is 5.91 Å². The van der Waals surface area contributed by atoms with Crippen molar-refractivity contribution >= 4 is 48.9 Å². The molecule has 2 aliphatic carbocycles. The van der Waals surface area contributed by atoms with E-state index in [0.717, 1.165) is 35.1 Å². The van der Waals surface area contributed by atoms with Crippen LogP contribution in [0.4, 0.5) is 0 Å². The Morgan fingerprint density at radius 1 is 0.976 bits per heavy atom. The van der Waals surface area contributed by atoms with Gasteiger partial charge in [-0.15, -0.1) is 0 Å². The molecule has 42 heavy (non-hydrogen) atoms. The van der Waals surface area contributed by atoms with Crippen molar-refractivity contribution in [2.75, 3.05) is 12.0 Å². The molecule has 2 saturated carbocycles. The molecule has 2 fully saturated rings. The predicted molar refractivity (Wildman–Crippen MR) is 177 cm³/mol. The number of rotatable bonds is 11. The molecule has 0 radical (unpaired) electrons. The number of hydrogen-bond donors (Lipinski definition) is 2. The maximum absolute atomic E-state index is 12.8. The topological polar surface area (TPSA) is 86.7 Å². The van der Waals surface area contributed by atoms with Crippen molar-refractivity contribution in [1.29, 1.82) is 0 Å². The Balaban J connectivity index is 0.000000327. The monoisotopic (exact) mass is 588 g/mol. The van der Waals surface area contributed by atoms with Gasteiger partial charge in [-0.2, -0.15) is 11.8 Å². The molecular formula is C34H49LiN2O4S. The van der Waals surface area contributed by atoms with E-state index in [4.69, 9.17) is 0 Å². The first-order chi connectivity index (χ1) is 19.9. The van der Waals surface area contributed by atoms with E-state index >= 15 is 0 Å². The average molecular weight is 589 g/mol. The molecule has 0 aliphatic heterocycles. The number of nitrogens with one attached hydrogen (secondary N) is 1. The number of amides is 2. The minimum absolute atomic E-state index is 0. The van der Waals surface area contributed by atoms with Gasteiger partial charge in [0.2, 0.25) is 6.41 Å². The first-order valence-electron chi connectivity index (χ1n) is 15.3. The van der Waals surface area contributed by atoms with E-state index in [2.05, 4.69) is 17.1 Å². The number of aliphatic carboxylic acids is 1. The molecule has 226 valence electrons. The number of aryl methyl sites for hydroxylation is 2. The summed E-state index contributed by atoms with van der Waals surface area (Å²) in [5.74, 6) is -0.675. The van der Waals surface area contributed by atoms with Crippen LogP contribution >= 0.6 is 11.8 Å². The average Bonchev–Trinajstić information content (AvgIpc) is 3.00. The normalized spacial score (nSPS) is 16.3. The van der Waals surface area contributed by atoms with Crippen LogP contribution in [-0.2, 0) is 16.0 Å². The molecule has 2 aromatic rings. The Morgan fingerprint density at radius 3 is 2.07 bits per heavy atom. The van der Waals surface area contributed by atoms with Gasteiger partial charge in [-0.05, 0) is 85.8 Å². The van der Waals surface area contributed by atoms with E-state index in [1.807, 2.05) is 49.6 Å². The summed E-state index contributed by atoms with van der Waals surface area (Å²) in [4.78, 5) is 37.7. The summed E-state index contributed by atoms with van der Waals surface area (Å²) < 4.78 is 0. The van der Waals surface area contributed by atoms with Crippen molar-refractivity contribution in [3.63, 3.8) is 0 Å². The van der Waals surface area contributed by atoms with E-state index in [-0.39, 0.29) is 24.8 Å². The molecule has 2 aromatic carbocycles. The summed E-state index contributed by atoms with van der Waals surface area (Å²) in [5, 5.41) is 12.1. The number of benzene rings is 2. The first kappa shape index (κ1) is 36.0. The zero-order valence-corrected chi connectivity index (χ0v) is 25.9. The maximum atomic E-state index is 12.8. The third kappa shape index (κ3) is 10.5. The van der Waals surface area contributed by atoms with Crippen LogP contribution < -0.4 is 5.32 Å². The zero-order chi connectivity index (χ0) is 29.6. The third-order valence-corrected chi connectivity index (χ3v) is 9.14. The van der Waals surface area contributed by atoms with E-state index in [1.165, 1.54) is 64.2 Å². The fraction of sp³-hybridized carbons (Fsp3) is 0.559. The van der Waals surface area contributed by atoms with Crippen molar-refractivity contribution in [2.24, 2.45) is 0 Å². The van der Waals surface area contributed by atoms with Gasteiger partial charge in [0.1, 0.15) is 6.04 Å². The number of hydrogen-bond acceptors (Lipinski definition) is 4. The number of nitrogens with zero attached hydrogens (tertiary/aromatic N) is 1. The quantitative estimate of drug-likeness (QED) is 0.228. The molecule has 0 saturated heterocycles. The summed E-state index contributed by atoms with van der Waals surface area (Å²) in [6, 6.07) is 13.9. The van der Waals surface area contributed by atoms with Crippen LogP contribution in [0.1, 0.15) is 99.0 Å². The van der Waals surface area contributed by atoms with Crippen molar-refractivity contribution < 1.29 is 19.5 Å². The van der Waals surface area contributed by atoms with E-state index < -0.39 is 12.0 Å². The van der Waals surface area contributed by atoms with E-state index in [9.17, 15) is 19.5 Å². The molecular weight excluding hydrogens is 539 g/mol. The van der Waals surface area contributed by atoms with E-state index in [0.29, 0.717) is 29.8 Å². The summed E-state index contributed by atoms with van der Waals surface area (Å²) in [6.07, 6.45) is 17.3. The van der Waals surface area contributed by atoms with Crippen LogP contribution in [-0.4, -0.2) is 77.3 Å². The van der Waals surface area contributed by atoms with Gasteiger partial charge in [-0.25, -0.2) is 4.79 Å². The van der Waals surface area contributed by atoms with Gasteiger partial charge in [0.05, 0.1) is 0 Å². The van der Waals surface area contributed by atoms with Crippen molar-refractivity contribution in [2.45, 2.75) is 109 Å². The van der Waals surface area contributed by atoms with Crippen LogP contribution in [0.2, 0.25) is 0 Å². The SMILES string of the molecule is CCc1ccc(C(=O)NC(CCSC)C(=O)O)c(-c2ccccc2C)c1.O=CN(C1CCCCC1)C1CCCCC1.[LiH]. The number of carboxylic acids is 1. The molecule has 8 heteroatoms. The van der Waals surface area contributed by atoms with Gasteiger partial charge in [0.15, 0.2) is 0 Å². The van der Waals surface area contributed by atoms with Gasteiger partial charge >= 0.3 is 24.8 Å². The van der Waals surface area contributed by atoms with Crippen LogP contribution in [0.5, 0.6) is 0 Å². The summed E-state index contributed by atoms with van der Waals surface area (Å²) in [6.45, 7) is 4.08. The van der Waals surface area contributed by atoms with Gasteiger partial charge in [0, 0.05) is 17.6 Å². The Kier molecular flexibility index (Phi) is 16.4. The Bertz CT molecular complexity index is 1110. The summed E-state index contributed by atoms with van der Waals surface area (Å²) in [5.41, 5.74) is 4.55. The summed E-state index contributed by atoms with van der Waals surface area (Å²) >= 11 is 1.56. The molecule has 2 aliphatic rings. The Morgan fingerprint density at radius 2 is 1.57 bits per heavy atom. The number of carbonyl (C=O) groups is 3. The third-order valence-electron chi connectivity index (χ3n) is 8.50. The number of carboxylic acid groups (broad SMARTS) is 1. The molecule has 0 spiro atoms. The second-order valence-electron chi connectivity index (χ2n) is 11.3. The molecule has 2 N–H and O–H groups in total. The summed E-state index contributed by atoms with van der Waals surface area (Å²) in [7, 11) is 0. The minimum atomic E-state index is -1.00. The molecule has 1 atom stereocenters. The zero-order valence-electron chi connectivity index (χ0n) is 25.1. The van der Waals surface area contributed by atoms with Gasteiger partial charge in [-0.1, -0.05) is 81.8 Å². The molecule has 6 nitrogen and oxygen atoms in total. The molecule has 0 bridgehead atoms. The predicted octanol–water partition coefficient (Wildman–Crippen LogP) is 6.62. The second kappa shape index (κ2) is 19.2. The molecule has 0 aromatic heterocycles. The standard InChI is InChI=1S/C21H25NO3S.C13H23NO.Li.H/c1-4-15-9-10-17(18(13-15)16-8-6-5-7-14(16)2)20(23)22-19(21(24)25)11-12-26-3;15-11-14(12-7-3-1-4-8-12)13-9-5-2-6-10-13;;/h5-10,13,19H,4,11-12H2,1-3H3,(H,22,23)(H,24,25);11-13H,1-10H2;;.